The Morgan fingerprint density at radius 1 is 1.00 bits per heavy atom. The number of halogens is 2. The molecule has 1 aromatic rings. The summed E-state index contributed by atoms with van der Waals surface area (Å²) in [6.45, 7) is 6.31. The summed E-state index contributed by atoms with van der Waals surface area (Å²) in [6.07, 6.45) is -3.06. The summed E-state index contributed by atoms with van der Waals surface area (Å²) in [5.74, 6) is 0. The van der Waals surface area contributed by atoms with Crippen molar-refractivity contribution in [2.45, 2.75) is 61.8 Å². The second-order valence-electron chi connectivity index (χ2n) is 6.13. The van der Waals surface area contributed by atoms with E-state index >= 15 is 0 Å². The maximum Gasteiger partial charge on any atom is 0.465 e. The van der Waals surface area contributed by atoms with Crippen LogP contribution in [-0.2, 0) is 0 Å². The van der Waals surface area contributed by atoms with Gasteiger partial charge in [0.25, 0.3) is 0 Å². The Hall–Kier alpha value is -0.665. The van der Waals surface area contributed by atoms with E-state index in [9.17, 15) is 8.78 Å². The Balaban J connectivity index is 0.000000515. The third kappa shape index (κ3) is 9.93. The van der Waals surface area contributed by atoms with E-state index in [4.69, 9.17) is 20.3 Å². The topological polar surface area (TPSA) is 80.9 Å². The first-order valence-corrected chi connectivity index (χ1v) is 8.03. The maximum absolute atomic E-state index is 12.1. The molecule has 0 radical (unpaired) electrons. The van der Waals surface area contributed by atoms with E-state index in [1.807, 2.05) is 6.07 Å². The van der Waals surface area contributed by atoms with Gasteiger partial charge >= 0.3 is 7.12 Å². The van der Waals surface area contributed by atoms with Gasteiger partial charge in [-0.15, -0.1) is 11.8 Å². The van der Waals surface area contributed by atoms with Crippen molar-refractivity contribution in [3.05, 3.63) is 30.3 Å². The molecule has 0 aliphatic heterocycles. The van der Waals surface area contributed by atoms with Crippen molar-refractivity contribution in [2.24, 2.45) is 0 Å². The largest absolute Gasteiger partial charge is 0.465 e. The van der Waals surface area contributed by atoms with Crippen LogP contribution < -0.4 is 0 Å². The van der Waals surface area contributed by atoms with E-state index < -0.39 is 36.3 Å². The molecule has 1 unspecified atom stereocenters. The molecule has 0 aliphatic carbocycles. The van der Waals surface area contributed by atoms with Crippen LogP contribution in [0.3, 0.4) is 0 Å². The first-order chi connectivity index (χ1) is 10.3. The molecule has 0 saturated heterocycles. The number of hydrogen-bond acceptors (Lipinski definition) is 5. The Labute approximate surface area is 140 Å². The predicted octanol–water partition coefficient (Wildman–Crippen LogP) is 2.34. The van der Waals surface area contributed by atoms with Crippen LogP contribution in [0.25, 0.3) is 0 Å². The van der Waals surface area contributed by atoms with E-state index in [1.54, 1.807) is 52.0 Å². The van der Waals surface area contributed by atoms with Gasteiger partial charge in [-0.1, -0.05) is 18.2 Å². The van der Waals surface area contributed by atoms with E-state index in [0.717, 1.165) is 16.7 Å². The SMILES string of the molecule is CC(C)(O)C(C)(C)O.OB(O)C(CC(F)F)Sc1ccccc1. The Kier molecular flexibility index (Phi) is 9.31. The molecule has 1 atom stereocenters. The first-order valence-electron chi connectivity index (χ1n) is 7.15. The highest BCUT2D eigenvalue weighted by Gasteiger charge is 2.32. The fourth-order valence-electron chi connectivity index (χ4n) is 1.08. The average molecular weight is 350 g/mol. The van der Waals surface area contributed by atoms with Crippen molar-refractivity contribution in [2.75, 3.05) is 0 Å². The molecule has 0 spiro atoms. The van der Waals surface area contributed by atoms with Gasteiger partial charge in [-0.2, -0.15) is 0 Å². The Morgan fingerprint density at radius 3 is 1.74 bits per heavy atom. The summed E-state index contributed by atoms with van der Waals surface area (Å²) < 4.78 is 24.2. The van der Waals surface area contributed by atoms with Crippen molar-refractivity contribution in [3.63, 3.8) is 0 Å². The molecule has 1 rings (SSSR count). The van der Waals surface area contributed by atoms with Crippen LogP contribution in [0, 0.1) is 0 Å². The molecule has 0 bridgehead atoms. The highest BCUT2D eigenvalue weighted by molar-refractivity contribution is 8.01. The maximum atomic E-state index is 12.1. The molecule has 0 saturated carbocycles. The van der Waals surface area contributed by atoms with Crippen molar-refractivity contribution < 1.29 is 29.0 Å². The number of aliphatic hydroxyl groups is 2. The molecular weight excluding hydrogens is 325 g/mol. The summed E-state index contributed by atoms with van der Waals surface area (Å²) in [5.41, 5.74) is -2.01. The highest BCUT2D eigenvalue weighted by atomic mass is 32.2. The summed E-state index contributed by atoms with van der Waals surface area (Å²) >= 11 is 1.05. The second kappa shape index (κ2) is 9.59. The number of alkyl halides is 2. The minimum atomic E-state index is -2.53. The second-order valence-corrected chi connectivity index (χ2v) is 7.44. The van der Waals surface area contributed by atoms with Crippen molar-refractivity contribution >= 4 is 18.9 Å². The van der Waals surface area contributed by atoms with Crippen molar-refractivity contribution in [1.29, 1.82) is 0 Å². The third-order valence-corrected chi connectivity index (χ3v) is 4.55. The van der Waals surface area contributed by atoms with Gasteiger partial charge in [0, 0.05) is 16.5 Å². The minimum absolute atomic E-state index is 0.531. The fraction of sp³-hybridized carbons (Fsp3) is 0.600. The average Bonchev–Trinajstić information content (AvgIpc) is 2.37. The lowest BCUT2D eigenvalue weighted by molar-refractivity contribution is -0.107. The van der Waals surface area contributed by atoms with Crippen LogP contribution in [0.5, 0.6) is 0 Å². The zero-order valence-electron chi connectivity index (χ0n) is 13.8. The van der Waals surface area contributed by atoms with Gasteiger partial charge in [-0.05, 0) is 39.8 Å². The van der Waals surface area contributed by atoms with Gasteiger partial charge in [-0.3, -0.25) is 0 Å². The van der Waals surface area contributed by atoms with Gasteiger partial charge in [-0.25, -0.2) is 8.78 Å². The van der Waals surface area contributed by atoms with Crippen LogP contribution >= 0.6 is 11.8 Å². The zero-order valence-corrected chi connectivity index (χ0v) is 14.6. The predicted molar refractivity (Wildman–Crippen MR) is 89.5 cm³/mol. The molecule has 132 valence electrons. The van der Waals surface area contributed by atoms with Gasteiger partial charge in [0.1, 0.15) is 0 Å². The molecule has 0 heterocycles. The lowest BCUT2D eigenvalue weighted by Crippen LogP contribution is -2.44. The molecule has 1 aromatic carbocycles. The number of rotatable bonds is 6. The highest BCUT2D eigenvalue weighted by Crippen LogP contribution is 2.27. The molecule has 4 N–H and O–H groups in total. The van der Waals surface area contributed by atoms with Gasteiger partial charge in [0.15, 0.2) is 0 Å². The molecule has 0 amide bonds. The summed E-state index contributed by atoms with van der Waals surface area (Å²) in [6, 6.07) is 8.83. The van der Waals surface area contributed by atoms with E-state index in [1.165, 1.54) is 0 Å². The van der Waals surface area contributed by atoms with Crippen LogP contribution in [-0.4, -0.2) is 50.2 Å². The summed E-state index contributed by atoms with van der Waals surface area (Å²) in [4.78, 5) is 0.747. The van der Waals surface area contributed by atoms with Gasteiger partial charge < -0.3 is 20.3 Å². The lowest BCUT2D eigenvalue weighted by atomic mass is 9.83. The standard InChI is InChI=1S/C9H11BF2O2S.C6H14O2/c11-9(12)6-8(10(13)14)15-7-4-2-1-3-5-7;1-5(2,7)6(3,4)8/h1-5,8-9,13-14H,6H2;7-8H,1-4H3. The normalized spacial score (nSPS) is 13.3. The molecule has 0 fully saturated rings. The van der Waals surface area contributed by atoms with E-state index in [2.05, 4.69) is 0 Å². The molecule has 0 aromatic heterocycles. The third-order valence-electron chi connectivity index (χ3n) is 3.27. The number of hydrogen-bond donors (Lipinski definition) is 4. The smallest absolute Gasteiger partial charge is 0.426 e. The molecule has 0 aliphatic rings. The lowest BCUT2D eigenvalue weighted by Gasteiger charge is -2.31. The minimum Gasteiger partial charge on any atom is -0.426 e. The Morgan fingerprint density at radius 2 is 1.43 bits per heavy atom. The van der Waals surface area contributed by atoms with Crippen LogP contribution in [0.2, 0.25) is 0 Å². The first kappa shape index (κ1) is 22.3. The van der Waals surface area contributed by atoms with E-state index in [-0.39, 0.29) is 0 Å². The number of benzene rings is 1. The van der Waals surface area contributed by atoms with Crippen molar-refractivity contribution in [1.82, 2.24) is 0 Å². The molecular formula is C15H25BF2O4S. The molecule has 4 nitrogen and oxygen atoms in total. The van der Waals surface area contributed by atoms with Crippen molar-refractivity contribution in [3.8, 4) is 0 Å². The molecule has 8 heteroatoms. The zero-order chi connectivity index (χ0) is 18.3. The summed E-state index contributed by atoms with van der Waals surface area (Å²) in [5, 5.41) is 35.2. The number of thioether (sulfide) groups is 1. The van der Waals surface area contributed by atoms with E-state index in [0.29, 0.717) is 0 Å². The fourth-order valence-corrected chi connectivity index (χ4v) is 2.11. The van der Waals surface area contributed by atoms with Crippen LogP contribution in [0.15, 0.2) is 35.2 Å². The molecule has 23 heavy (non-hydrogen) atoms. The monoisotopic (exact) mass is 350 g/mol. The van der Waals surface area contributed by atoms with Crippen LogP contribution in [0.4, 0.5) is 8.78 Å². The Bertz CT molecular complexity index is 421. The summed E-state index contributed by atoms with van der Waals surface area (Å²) in [7, 11) is -1.73. The quantitative estimate of drug-likeness (QED) is 0.468. The van der Waals surface area contributed by atoms with Gasteiger partial charge in [0.05, 0.1) is 11.2 Å². The van der Waals surface area contributed by atoms with Crippen LogP contribution in [0.1, 0.15) is 34.1 Å². The van der Waals surface area contributed by atoms with Gasteiger partial charge in [0.2, 0.25) is 6.43 Å².